The molecule has 0 aromatic heterocycles. The number of rotatable bonds is 5. The van der Waals surface area contributed by atoms with Crippen LogP contribution in [0.3, 0.4) is 0 Å². The zero-order valence-corrected chi connectivity index (χ0v) is 11.5. The van der Waals surface area contributed by atoms with Crippen molar-refractivity contribution >= 4 is 29.1 Å². The first-order valence-corrected chi connectivity index (χ1v) is 6.13. The van der Waals surface area contributed by atoms with Gasteiger partial charge in [-0.05, 0) is 45.3 Å². The molecular weight excluding hydrogens is 259 g/mol. The van der Waals surface area contributed by atoms with Crippen molar-refractivity contribution in [2.24, 2.45) is 0 Å². The zero-order valence-electron chi connectivity index (χ0n) is 9.96. The molecule has 0 spiro atoms. The van der Waals surface area contributed by atoms with Crippen LogP contribution in [0.2, 0.25) is 10.0 Å². The second-order valence-corrected chi connectivity index (χ2v) is 4.94. The summed E-state index contributed by atoms with van der Waals surface area (Å²) in [7, 11) is 4.00. The summed E-state index contributed by atoms with van der Waals surface area (Å²) in [6.45, 7) is 1.58. The fourth-order valence-electron chi connectivity index (χ4n) is 1.38. The van der Waals surface area contributed by atoms with Crippen molar-refractivity contribution in [3.05, 3.63) is 33.8 Å². The van der Waals surface area contributed by atoms with Gasteiger partial charge in [0.15, 0.2) is 0 Å². The Kier molecular flexibility index (Phi) is 5.75. The van der Waals surface area contributed by atoms with Gasteiger partial charge in [0.05, 0.1) is 0 Å². The first kappa shape index (κ1) is 14.3. The van der Waals surface area contributed by atoms with Crippen LogP contribution in [-0.2, 0) is 0 Å². The van der Waals surface area contributed by atoms with Crippen LogP contribution < -0.4 is 5.32 Å². The molecule has 3 nitrogen and oxygen atoms in total. The second kappa shape index (κ2) is 6.84. The van der Waals surface area contributed by atoms with E-state index in [0.29, 0.717) is 22.2 Å². The Morgan fingerprint density at radius 2 is 1.82 bits per heavy atom. The third-order valence-corrected chi connectivity index (χ3v) is 2.63. The van der Waals surface area contributed by atoms with Crippen LogP contribution >= 0.6 is 23.2 Å². The minimum Gasteiger partial charge on any atom is -0.352 e. The first-order chi connectivity index (χ1) is 7.99. The highest BCUT2D eigenvalue weighted by Gasteiger charge is 2.07. The lowest BCUT2D eigenvalue weighted by Gasteiger charge is -2.10. The molecule has 1 N–H and O–H groups in total. The maximum atomic E-state index is 11.8. The molecular formula is C12H16Cl2N2O. The van der Waals surface area contributed by atoms with Crippen molar-refractivity contribution in [1.29, 1.82) is 0 Å². The zero-order chi connectivity index (χ0) is 12.8. The maximum absolute atomic E-state index is 11.8. The standard InChI is InChI=1S/C12H16Cl2N2O/c1-16(2)5-3-4-15-12(17)9-6-10(13)8-11(14)7-9/h6-8H,3-5H2,1-2H3,(H,15,17). The smallest absolute Gasteiger partial charge is 0.251 e. The highest BCUT2D eigenvalue weighted by atomic mass is 35.5. The number of carbonyl (C=O) groups excluding carboxylic acids is 1. The van der Waals surface area contributed by atoms with Crippen LogP contribution in [0, 0.1) is 0 Å². The number of nitrogens with zero attached hydrogens (tertiary/aromatic N) is 1. The topological polar surface area (TPSA) is 32.3 Å². The molecule has 1 aromatic carbocycles. The molecule has 0 aliphatic carbocycles. The highest BCUT2D eigenvalue weighted by molar-refractivity contribution is 6.35. The molecule has 17 heavy (non-hydrogen) atoms. The number of hydrogen-bond donors (Lipinski definition) is 1. The Balaban J connectivity index is 2.47. The van der Waals surface area contributed by atoms with Crippen LogP contribution in [0.5, 0.6) is 0 Å². The molecule has 0 aliphatic rings. The maximum Gasteiger partial charge on any atom is 0.251 e. The third-order valence-electron chi connectivity index (χ3n) is 2.19. The Labute approximate surface area is 112 Å². The van der Waals surface area contributed by atoms with Gasteiger partial charge in [-0.3, -0.25) is 4.79 Å². The van der Waals surface area contributed by atoms with Crippen LogP contribution in [-0.4, -0.2) is 38.0 Å². The van der Waals surface area contributed by atoms with E-state index < -0.39 is 0 Å². The summed E-state index contributed by atoms with van der Waals surface area (Å²) >= 11 is 11.7. The van der Waals surface area contributed by atoms with E-state index in [-0.39, 0.29) is 5.91 Å². The predicted molar refractivity (Wildman–Crippen MR) is 72.0 cm³/mol. The van der Waals surface area contributed by atoms with Crippen molar-refractivity contribution in [2.45, 2.75) is 6.42 Å². The number of halogens is 2. The summed E-state index contributed by atoms with van der Waals surface area (Å²) < 4.78 is 0. The Morgan fingerprint density at radius 1 is 1.24 bits per heavy atom. The SMILES string of the molecule is CN(C)CCCNC(=O)c1cc(Cl)cc(Cl)c1. The molecule has 0 unspecified atom stereocenters. The van der Waals surface area contributed by atoms with Gasteiger partial charge in [0.1, 0.15) is 0 Å². The lowest BCUT2D eigenvalue weighted by molar-refractivity contribution is 0.0952. The normalized spacial score (nSPS) is 10.6. The van der Waals surface area contributed by atoms with Crippen molar-refractivity contribution < 1.29 is 4.79 Å². The van der Waals surface area contributed by atoms with Gasteiger partial charge in [-0.1, -0.05) is 23.2 Å². The van der Waals surface area contributed by atoms with Gasteiger partial charge >= 0.3 is 0 Å². The Hall–Kier alpha value is -0.770. The van der Waals surface area contributed by atoms with Crippen LogP contribution in [0.4, 0.5) is 0 Å². The van der Waals surface area contributed by atoms with E-state index in [1.165, 1.54) is 0 Å². The van der Waals surface area contributed by atoms with Gasteiger partial charge in [-0.25, -0.2) is 0 Å². The molecule has 0 heterocycles. The highest BCUT2D eigenvalue weighted by Crippen LogP contribution is 2.18. The van der Waals surface area contributed by atoms with Crippen LogP contribution in [0.15, 0.2) is 18.2 Å². The molecule has 0 radical (unpaired) electrons. The number of hydrogen-bond acceptors (Lipinski definition) is 2. The first-order valence-electron chi connectivity index (χ1n) is 5.38. The molecule has 1 rings (SSSR count). The van der Waals surface area contributed by atoms with Crippen molar-refractivity contribution in [2.75, 3.05) is 27.2 Å². The van der Waals surface area contributed by atoms with Gasteiger partial charge in [0.2, 0.25) is 0 Å². The molecule has 0 saturated carbocycles. The van der Waals surface area contributed by atoms with Crippen molar-refractivity contribution in [3.8, 4) is 0 Å². The summed E-state index contributed by atoms with van der Waals surface area (Å²) in [5, 5.41) is 3.76. The van der Waals surface area contributed by atoms with Gasteiger partial charge in [0.25, 0.3) is 5.91 Å². The number of nitrogens with one attached hydrogen (secondary N) is 1. The molecule has 1 aromatic rings. The van der Waals surface area contributed by atoms with Gasteiger partial charge < -0.3 is 10.2 Å². The largest absolute Gasteiger partial charge is 0.352 e. The summed E-state index contributed by atoms with van der Waals surface area (Å²) in [6, 6.07) is 4.81. The summed E-state index contributed by atoms with van der Waals surface area (Å²) in [5.74, 6) is -0.145. The average molecular weight is 275 g/mol. The molecule has 0 atom stereocenters. The molecule has 0 bridgehead atoms. The molecule has 1 amide bonds. The van der Waals surface area contributed by atoms with E-state index in [1.807, 2.05) is 14.1 Å². The lowest BCUT2D eigenvalue weighted by atomic mass is 10.2. The van der Waals surface area contributed by atoms with Gasteiger partial charge in [0, 0.05) is 22.2 Å². The number of carbonyl (C=O) groups is 1. The number of benzene rings is 1. The lowest BCUT2D eigenvalue weighted by Crippen LogP contribution is -2.27. The van der Waals surface area contributed by atoms with Gasteiger partial charge in [-0.15, -0.1) is 0 Å². The average Bonchev–Trinajstić information content (AvgIpc) is 2.22. The van der Waals surface area contributed by atoms with E-state index in [9.17, 15) is 4.79 Å². The fraction of sp³-hybridized carbons (Fsp3) is 0.417. The fourth-order valence-corrected chi connectivity index (χ4v) is 1.91. The predicted octanol–water partition coefficient (Wildman–Crippen LogP) is 2.67. The monoisotopic (exact) mass is 274 g/mol. The molecule has 0 aliphatic heterocycles. The minimum absolute atomic E-state index is 0.145. The van der Waals surface area contributed by atoms with E-state index in [0.717, 1.165) is 13.0 Å². The summed E-state index contributed by atoms with van der Waals surface area (Å²) in [4.78, 5) is 13.8. The molecule has 0 fully saturated rings. The Morgan fingerprint density at radius 3 is 2.35 bits per heavy atom. The van der Waals surface area contributed by atoms with Crippen LogP contribution in [0.25, 0.3) is 0 Å². The summed E-state index contributed by atoms with van der Waals surface area (Å²) in [6.07, 6.45) is 0.910. The van der Waals surface area contributed by atoms with Gasteiger partial charge in [-0.2, -0.15) is 0 Å². The minimum atomic E-state index is -0.145. The van der Waals surface area contributed by atoms with E-state index in [4.69, 9.17) is 23.2 Å². The van der Waals surface area contributed by atoms with E-state index >= 15 is 0 Å². The van der Waals surface area contributed by atoms with Crippen molar-refractivity contribution in [1.82, 2.24) is 10.2 Å². The van der Waals surface area contributed by atoms with Crippen molar-refractivity contribution in [3.63, 3.8) is 0 Å². The quantitative estimate of drug-likeness (QED) is 0.838. The second-order valence-electron chi connectivity index (χ2n) is 4.07. The van der Waals surface area contributed by atoms with E-state index in [2.05, 4.69) is 10.2 Å². The summed E-state index contributed by atoms with van der Waals surface area (Å²) in [5.41, 5.74) is 0.493. The Bertz CT molecular complexity index is 374. The van der Waals surface area contributed by atoms with E-state index in [1.54, 1.807) is 18.2 Å². The molecule has 0 saturated heterocycles. The third kappa shape index (κ3) is 5.39. The van der Waals surface area contributed by atoms with Crippen LogP contribution in [0.1, 0.15) is 16.8 Å². The molecule has 94 valence electrons. The number of amides is 1. The molecule has 5 heteroatoms.